The van der Waals surface area contributed by atoms with E-state index in [1.807, 2.05) is 20.8 Å². The Hall–Kier alpha value is -0.520. The van der Waals surface area contributed by atoms with Gasteiger partial charge in [0.05, 0.1) is 0 Å². The molecule has 0 saturated carbocycles. The summed E-state index contributed by atoms with van der Waals surface area (Å²) in [5.74, 6) is 2.45. The number of ether oxygens (including phenoxy) is 2. The van der Waals surface area contributed by atoms with Gasteiger partial charge in [-0.2, -0.15) is 0 Å². The molecule has 1 unspecified atom stereocenters. The summed E-state index contributed by atoms with van der Waals surface area (Å²) in [5, 5.41) is 0. The lowest BCUT2D eigenvalue weighted by molar-refractivity contribution is -0.139. The molecule has 0 amide bonds. The molecule has 0 aromatic rings. The predicted molar refractivity (Wildman–Crippen MR) is 40.5 cm³/mol. The van der Waals surface area contributed by atoms with E-state index in [0.717, 1.165) is 0 Å². The summed E-state index contributed by atoms with van der Waals surface area (Å²) >= 11 is 0. The monoisotopic (exact) mass is 142 g/mol. The first-order chi connectivity index (χ1) is 4.70. The smallest absolute Gasteiger partial charge is 0.156 e. The summed E-state index contributed by atoms with van der Waals surface area (Å²) in [6.45, 7) is 6.21. The van der Waals surface area contributed by atoms with Crippen LogP contribution in [0.1, 0.15) is 20.8 Å². The fourth-order valence-corrected chi connectivity index (χ4v) is 0.601. The van der Waals surface area contributed by atoms with Crippen LogP contribution >= 0.6 is 0 Å². The Morgan fingerprint density at radius 2 is 2.10 bits per heavy atom. The lowest BCUT2D eigenvalue weighted by Crippen LogP contribution is -2.18. The number of hydrogen-bond donors (Lipinski definition) is 0. The minimum absolute atomic E-state index is 0.165. The quantitative estimate of drug-likeness (QED) is 0.436. The number of rotatable bonds is 4. The van der Waals surface area contributed by atoms with E-state index in [-0.39, 0.29) is 12.4 Å². The first kappa shape index (κ1) is 9.48. The molecule has 2 atom stereocenters. The van der Waals surface area contributed by atoms with Crippen LogP contribution < -0.4 is 0 Å². The van der Waals surface area contributed by atoms with Gasteiger partial charge in [-0.05, 0) is 20.8 Å². The van der Waals surface area contributed by atoms with Gasteiger partial charge in [-0.15, -0.1) is 6.42 Å². The second kappa shape index (κ2) is 5.28. The number of hydrogen-bond acceptors (Lipinski definition) is 2. The van der Waals surface area contributed by atoms with E-state index in [9.17, 15) is 0 Å². The fraction of sp³-hybridized carbons (Fsp3) is 0.750. The van der Waals surface area contributed by atoms with E-state index in [4.69, 9.17) is 15.9 Å². The SMILES string of the molecule is C#C[C@H](C)OC(C)OCC. The van der Waals surface area contributed by atoms with Crippen LogP contribution in [0.5, 0.6) is 0 Å². The van der Waals surface area contributed by atoms with Crippen LogP contribution in [0, 0.1) is 12.3 Å². The van der Waals surface area contributed by atoms with E-state index >= 15 is 0 Å². The zero-order chi connectivity index (χ0) is 7.98. The van der Waals surface area contributed by atoms with E-state index in [2.05, 4.69) is 5.92 Å². The van der Waals surface area contributed by atoms with Crippen LogP contribution in [0.4, 0.5) is 0 Å². The largest absolute Gasteiger partial charge is 0.353 e. The first-order valence-corrected chi connectivity index (χ1v) is 3.43. The Bertz CT molecular complexity index is 115. The van der Waals surface area contributed by atoms with Crippen molar-refractivity contribution >= 4 is 0 Å². The molecule has 58 valence electrons. The molecule has 0 fully saturated rings. The van der Waals surface area contributed by atoms with Crippen LogP contribution in [-0.4, -0.2) is 19.0 Å². The van der Waals surface area contributed by atoms with Crippen molar-refractivity contribution in [2.75, 3.05) is 6.61 Å². The zero-order valence-corrected chi connectivity index (χ0v) is 6.76. The highest BCUT2D eigenvalue weighted by atomic mass is 16.7. The van der Waals surface area contributed by atoms with Crippen molar-refractivity contribution < 1.29 is 9.47 Å². The summed E-state index contributed by atoms with van der Waals surface area (Å²) in [5.41, 5.74) is 0. The maximum Gasteiger partial charge on any atom is 0.156 e. The van der Waals surface area contributed by atoms with Crippen LogP contribution in [0.25, 0.3) is 0 Å². The molecule has 0 aliphatic heterocycles. The normalized spacial score (nSPS) is 15.8. The van der Waals surface area contributed by atoms with Gasteiger partial charge in [0.15, 0.2) is 6.29 Å². The molecule has 0 saturated heterocycles. The van der Waals surface area contributed by atoms with Crippen LogP contribution in [-0.2, 0) is 9.47 Å². The first-order valence-electron chi connectivity index (χ1n) is 3.43. The lowest BCUT2D eigenvalue weighted by atomic mass is 10.4. The average molecular weight is 142 g/mol. The molecule has 0 radical (unpaired) electrons. The second-order valence-electron chi connectivity index (χ2n) is 1.97. The third-order valence-corrected chi connectivity index (χ3v) is 1.03. The summed E-state index contributed by atoms with van der Waals surface area (Å²) in [4.78, 5) is 0. The maximum atomic E-state index is 5.18. The predicted octanol–water partition coefficient (Wildman–Crippen LogP) is 1.41. The molecule has 0 aromatic carbocycles. The summed E-state index contributed by atoms with van der Waals surface area (Å²) < 4.78 is 10.3. The minimum atomic E-state index is -0.198. The Labute approximate surface area is 62.5 Å². The van der Waals surface area contributed by atoms with Gasteiger partial charge in [-0.1, -0.05) is 5.92 Å². The number of terminal acetylenes is 1. The molecule has 0 rings (SSSR count). The van der Waals surface area contributed by atoms with Gasteiger partial charge in [-0.25, -0.2) is 0 Å². The minimum Gasteiger partial charge on any atom is -0.353 e. The van der Waals surface area contributed by atoms with Crippen molar-refractivity contribution in [1.82, 2.24) is 0 Å². The zero-order valence-electron chi connectivity index (χ0n) is 6.76. The molecular weight excluding hydrogens is 128 g/mol. The van der Waals surface area contributed by atoms with E-state index in [1.54, 1.807) is 0 Å². The highest BCUT2D eigenvalue weighted by Crippen LogP contribution is 1.97. The van der Waals surface area contributed by atoms with Gasteiger partial charge in [0.1, 0.15) is 6.10 Å². The van der Waals surface area contributed by atoms with E-state index in [0.29, 0.717) is 6.61 Å². The fourth-order valence-electron chi connectivity index (χ4n) is 0.601. The maximum absolute atomic E-state index is 5.18. The molecule has 2 nitrogen and oxygen atoms in total. The molecule has 2 heteroatoms. The Kier molecular flexibility index (Phi) is 5.00. The van der Waals surface area contributed by atoms with Gasteiger partial charge in [0.2, 0.25) is 0 Å². The molecule has 0 bridgehead atoms. The van der Waals surface area contributed by atoms with E-state index < -0.39 is 0 Å². The van der Waals surface area contributed by atoms with E-state index in [1.165, 1.54) is 0 Å². The van der Waals surface area contributed by atoms with Gasteiger partial charge in [-0.3, -0.25) is 0 Å². The molecule has 0 spiro atoms. The molecule has 0 aromatic heterocycles. The summed E-state index contributed by atoms with van der Waals surface area (Å²) in [7, 11) is 0. The molecular formula is C8H14O2. The topological polar surface area (TPSA) is 18.5 Å². The van der Waals surface area contributed by atoms with Crippen molar-refractivity contribution in [3.05, 3.63) is 0 Å². The van der Waals surface area contributed by atoms with Crippen LogP contribution in [0.2, 0.25) is 0 Å². The standard InChI is InChI=1S/C8H14O2/c1-5-7(3)10-8(4)9-6-2/h1,7-8H,6H2,2-4H3/t7-,8?/m0/s1. The molecule has 0 aliphatic rings. The third kappa shape index (κ3) is 4.37. The lowest BCUT2D eigenvalue weighted by Gasteiger charge is -2.14. The van der Waals surface area contributed by atoms with Crippen LogP contribution in [0.15, 0.2) is 0 Å². The second-order valence-corrected chi connectivity index (χ2v) is 1.97. The van der Waals surface area contributed by atoms with Gasteiger partial charge < -0.3 is 9.47 Å². The van der Waals surface area contributed by atoms with Crippen molar-refractivity contribution in [3.63, 3.8) is 0 Å². The summed E-state index contributed by atoms with van der Waals surface area (Å²) in [6.07, 6.45) is 4.72. The van der Waals surface area contributed by atoms with Crippen molar-refractivity contribution in [1.29, 1.82) is 0 Å². The Morgan fingerprint density at radius 1 is 1.50 bits per heavy atom. The average Bonchev–Trinajstić information content (AvgIpc) is 1.88. The van der Waals surface area contributed by atoms with Crippen LogP contribution in [0.3, 0.4) is 0 Å². The van der Waals surface area contributed by atoms with Crippen molar-refractivity contribution in [3.8, 4) is 12.3 Å². The summed E-state index contributed by atoms with van der Waals surface area (Å²) in [6, 6.07) is 0. The molecule has 0 N–H and O–H groups in total. The Balaban J connectivity index is 3.39. The molecule has 10 heavy (non-hydrogen) atoms. The Morgan fingerprint density at radius 3 is 2.50 bits per heavy atom. The van der Waals surface area contributed by atoms with Crippen molar-refractivity contribution in [2.45, 2.75) is 33.2 Å². The van der Waals surface area contributed by atoms with Crippen molar-refractivity contribution in [2.24, 2.45) is 0 Å². The molecule has 0 aliphatic carbocycles. The third-order valence-electron chi connectivity index (χ3n) is 1.03. The highest BCUT2D eigenvalue weighted by Gasteiger charge is 2.03. The highest BCUT2D eigenvalue weighted by molar-refractivity contribution is 4.91. The van der Waals surface area contributed by atoms with Gasteiger partial charge in [0.25, 0.3) is 0 Å². The van der Waals surface area contributed by atoms with Gasteiger partial charge >= 0.3 is 0 Å². The van der Waals surface area contributed by atoms with Gasteiger partial charge in [0, 0.05) is 6.61 Å². The molecule has 0 heterocycles.